The molecule has 0 spiro atoms. The second kappa shape index (κ2) is 10.8. The van der Waals surface area contributed by atoms with Crippen molar-refractivity contribution in [2.45, 2.75) is 18.3 Å². The number of nitrogens with zero attached hydrogens (tertiary/aromatic N) is 3. The SMILES string of the molecule is O=C(CSc1nnc(COc2ccccc2Cl)n1-c1ccccc1)NCc1ccccc1. The number of para-hydroxylation sites is 2. The fourth-order valence-electron chi connectivity index (χ4n) is 3.01. The van der Waals surface area contributed by atoms with E-state index in [0.29, 0.717) is 28.3 Å². The van der Waals surface area contributed by atoms with Gasteiger partial charge in [-0.1, -0.05) is 84.0 Å². The normalized spacial score (nSPS) is 10.7. The van der Waals surface area contributed by atoms with E-state index in [9.17, 15) is 4.79 Å². The van der Waals surface area contributed by atoms with Gasteiger partial charge in [0.1, 0.15) is 12.4 Å². The number of amides is 1. The fraction of sp³-hybridized carbons (Fsp3) is 0.125. The van der Waals surface area contributed by atoms with Crippen molar-refractivity contribution in [3.05, 3.63) is 101 Å². The molecule has 1 heterocycles. The first kappa shape index (κ1) is 21.9. The van der Waals surface area contributed by atoms with Crippen LogP contribution >= 0.6 is 23.4 Å². The first-order valence-corrected chi connectivity index (χ1v) is 11.4. The van der Waals surface area contributed by atoms with Crippen LogP contribution in [0.2, 0.25) is 5.02 Å². The summed E-state index contributed by atoms with van der Waals surface area (Å²) >= 11 is 7.52. The predicted octanol–water partition coefficient (Wildman–Crippen LogP) is 4.91. The molecular formula is C24H21ClN4O2S. The van der Waals surface area contributed by atoms with Gasteiger partial charge in [0.15, 0.2) is 11.0 Å². The average Bonchev–Trinajstić information content (AvgIpc) is 3.25. The van der Waals surface area contributed by atoms with E-state index in [0.717, 1.165) is 11.3 Å². The van der Waals surface area contributed by atoms with Gasteiger partial charge in [-0.15, -0.1) is 10.2 Å². The predicted molar refractivity (Wildman–Crippen MR) is 126 cm³/mol. The highest BCUT2D eigenvalue weighted by atomic mass is 35.5. The van der Waals surface area contributed by atoms with Crippen LogP contribution < -0.4 is 10.1 Å². The van der Waals surface area contributed by atoms with Gasteiger partial charge in [0.05, 0.1) is 10.8 Å². The lowest BCUT2D eigenvalue weighted by Crippen LogP contribution is -2.24. The van der Waals surface area contributed by atoms with Crippen molar-refractivity contribution in [1.29, 1.82) is 0 Å². The van der Waals surface area contributed by atoms with E-state index in [1.54, 1.807) is 12.1 Å². The van der Waals surface area contributed by atoms with Crippen LogP contribution in [-0.4, -0.2) is 26.4 Å². The molecule has 0 fully saturated rings. The number of carbonyl (C=O) groups excluding carboxylic acids is 1. The Morgan fingerprint density at radius 1 is 0.938 bits per heavy atom. The van der Waals surface area contributed by atoms with Crippen molar-refractivity contribution < 1.29 is 9.53 Å². The number of hydrogen-bond donors (Lipinski definition) is 1. The Morgan fingerprint density at radius 3 is 2.38 bits per heavy atom. The highest BCUT2D eigenvalue weighted by molar-refractivity contribution is 7.99. The molecule has 8 heteroatoms. The lowest BCUT2D eigenvalue weighted by Gasteiger charge is -2.12. The van der Waals surface area contributed by atoms with Crippen LogP contribution in [0, 0.1) is 0 Å². The van der Waals surface area contributed by atoms with Crippen LogP contribution in [0.5, 0.6) is 5.75 Å². The van der Waals surface area contributed by atoms with Crippen LogP contribution in [0.4, 0.5) is 0 Å². The largest absolute Gasteiger partial charge is 0.484 e. The number of nitrogens with one attached hydrogen (secondary N) is 1. The molecule has 0 unspecified atom stereocenters. The molecule has 6 nitrogen and oxygen atoms in total. The monoisotopic (exact) mass is 464 g/mol. The lowest BCUT2D eigenvalue weighted by atomic mass is 10.2. The molecule has 1 N–H and O–H groups in total. The number of rotatable bonds is 9. The number of benzene rings is 3. The Bertz CT molecular complexity index is 1170. The molecule has 0 aliphatic carbocycles. The summed E-state index contributed by atoms with van der Waals surface area (Å²) in [6.07, 6.45) is 0. The Labute approximate surface area is 195 Å². The topological polar surface area (TPSA) is 69.0 Å². The summed E-state index contributed by atoms with van der Waals surface area (Å²) in [7, 11) is 0. The number of ether oxygens (including phenoxy) is 1. The molecule has 0 saturated carbocycles. The minimum Gasteiger partial charge on any atom is -0.484 e. The minimum atomic E-state index is -0.0738. The summed E-state index contributed by atoms with van der Waals surface area (Å²) < 4.78 is 7.76. The number of carbonyl (C=O) groups is 1. The van der Waals surface area contributed by atoms with Crippen molar-refractivity contribution in [3.8, 4) is 11.4 Å². The molecule has 0 aliphatic heterocycles. The maximum atomic E-state index is 12.4. The third kappa shape index (κ3) is 5.69. The number of aromatic nitrogens is 3. The van der Waals surface area contributed by atoms with Crippen molar-refractivity contribution in [2.24, 2.45) is 0 Å². The summed E-state index contributed by atoms with van der Waals surface area (Å²) in [5, 5.41) is 12.7. The van der Waals surface area contributed by atoms with Crippen molar-refractivity contribution >= 4 is 29.3 Å². The maximum absolute atomic E-state index is 12.4. The quantitative estimate of drug-likeness (QED) is 0.356. The van der Waals surface area contributed by atoms with E-state index in [1.807, 2.05) is 77.4 Å². The van der Waals surface area contributed by atoms with Gasteiger partial charge in [-0.25, -0.2) is 0 Å². The van der Waals surface area contributed by atoms with E-state index < -0.39 is 0 Å². The van der Waals surface area contributed by atoms with Gasteiger partial charge < -0.3 is 10.1 Å². The summed E-state index contributed by atoms with van der Waals surface area (Å²) in [4.78, 5) is 12.4. The Hall–Kier alpha value is -3.29. The second-order valence-corrected chi connectivity index (χ2v) is 8.19. The standard InChI is InChI=1S/C24H21ClN4O2S/c25-20-13-7-8-14-21(20)31-16-22-27-28-24(29(22)19-11-5-2-6-12-19)32-17-23(30)26-15-18-9-3-1-4-10-18/h1-14H,15-17H2,(H,26,30). The van der Waals surface area contributed by atoms with E-state index in [1.165, 1.54) is 11.8 Å². The molecule has 1 aromatic heterocycles. The second-order valence-electron chi connectivity index (χ2n) is 6.84. The molecule has 0 atom stereocenters. The molecule has 4 rings (SSSR count). The van der Waals surface area contributed by atoms with Gasteiger partial charge in [-0.05, 0) is 29.8 Å². The minimum absolute atomic E-state index is 0.0738. The van der Waals surface area contributed by atoms with Crippen LogP contribution in [0.25, 0.3) is 5.69 Å². The Kier molecular flexibility index (Phi) is 7.42. The van der Waals surface area contributed by atoms with Crippen molar-refractivity contribution in [1.82, 2.24) is 20.1 Å². The Morgan fingerprint density at radius 2 is 1.62 bits per heavy atom. The fourth-order valence-corrected chi connectivity index (χ4v) is 4.00. The third-order valence-corrected chi connectivity index (χ3v) is 5.81. The zero-order chi connectivity index (χ0) is 22.2. The van der Waals surface area contributed by atoms with E-state index >= 15 is 0 Å². The number of thioether (sulfide) groups is 1. The zero-order valence-electron chi connectivity index (χ0n) is 17.1. The maximum Gasteiger partial charge on any atom is 0.230 e. The molecule has 0 aliphatic rings. The highest BCUT2D eigenvalue weighted by Crippen LogP contribution is 2.26. The van der Waals surface area contributed by atoms with Crippen molar-refractivity contribution in [2.75, 3.05) is 5.75 Å². The van der Waals surface area contributed by atoms with Crippen LogP contribution in [0.3, 0.4) is 0 Å². The molecule has 1 amide bonds. The molecule has 3 aromatic carbocycles. The van der Waals surface area contributed by atoms with E-state index in [-0.39, 0.29) is 18.3 Å². The van der Waals surface area contributed by atoms with Gasteiger partial charge in [0.25, 0.3) is 0 Å². The number of halogens is 1. The molecular weight excluding hydrogens is 444 g/mol. The van der Waals surface area contributed by atoms with Gasteiger partial charge >= 0.3 is 0 Å². The molecule has 4 aromatic rings. The lowest BCUT2D eigenvalue weighted by molar-refractivity contribution is -0.118. The summed E-state index contributed by atoms with van der Waals surface area (Å²) in [5.74, 6) is 1.34. The zero-order valence-corrected chi connectivity index (χ0v) is 18.7. The summed E-state index contributed by atoms with van der Waals surface area (Å²) in [6, 6.07) is 26.8. The van der Waals surface area contributed by atoms with Crippen LogP contribution in [0.15, 0.2) is 90.1 Å². The van der Waals surface area contributed by atoms with E-state index in [2.05, 4.69) is 15.5 Å². The van der Waals surface area contributed by atoms with E-state index in [4.69, 9.17) is 16.3 Å². The van der Waals surface area contributed by atoms with Crippen LogP contribution in [-0.2, 0) is 17.9 Å². The Balaban J connectivity index is 1.45. The molecule has 32 heavy (non-hydrogen) atoms. The first-order valence-electron chi connectivity index (χ1n) is 10.0. The molecule has 0 bridgehead atoms. The summed E-state index contributed by atoms with van der Waals surface area (Å²) in [6.45, 7) is 0.676. The third-order valence-electron chi connectivity index (χ3n) is 4.57. The van der Waals surface area contributed by atoms with Crippen LogP contribution in [0.1, 0.15) is 11.4 Å². The van der Waals surface area contributed by atoms with Gasteiger partial charge in [-0.2, -0.15) is 0 Å². The molecule has 0 radical (unpaired) electrons. The molecule has 162 valence electrons. The first-order chi connectivity index (χ1) is 15.7. The van der Waals surface area contributed by atoms with Gasteiger partial charge in [0, 0.05) is 12.2 Å². The van der Waals surface area contributed by atoms with Gasteiger partial charge in [0.2, 0.25) is 5.91 Å². The van der Waals surface area contributed by atoms with Gasteiger partial charge in [-0.3, -0.25) is 9.36 Å². The summed E-state index contributed by atoms with van der Waals surface area (Å²) in [5.41, 5.74) is 1.94. The average molecular weight is 465 g/mol. The molecule has 0 saturated heterocycles. The highest BCUT2D eigenvalue weighted by Gasteiger charge is 2.17. The number of hydrogen-bond acceptors (Lipinski definition) is 5. The smallest absolute Gasteiger partial charge is 0.230 e. The van der Waals surface area contributed by atoms with Crippen molar-refractivity contribution in [3.63, 3.8) is 0 Å².